The molecule has 0 aliphatic carbocycles. The van der Waals surface area contributed by atoms with Crippen LogP contribution in [0, 0.1) is 11.8 Å². The number of likely N-dealkylation sites (tertiary alicyclic amines) is 1. The first-order valence-electron chi connectivity index (χ1n) is 7.47. The Morgan fingerprint density at radius 2 is 1.68 bits per heavy atom. The highest BCUT2D eigenvalue weighted by Gasteiger charge is 2.24. The zero-order valence-electron chi connectivity index (χ0n) is 12.3. The maximum absolute atomic E-state index is 12.1. The van der Waals surface area contributed by atoms with Crippen LogP contribution in [0.25, 0.3) is 5.70 Å². The van der Waals surface area contributed by atoms with Gasteiger partial charge in [0.2, 0.25) is 5.91 Å². The van der Waals surface area contributed by atoms with Gasteiger partial charge < -0.3 is 4.90 Å². The number of rotatable bonds is 2. The largest absolute Gasteiger partial charge is 0.311 e. The van der Waals surface area contributed by atoms with Crippen molar-refractivity contribution in [3.8, 4) is 11.8 Å². The highest BCUT2D eigenvalue weighted by molar-refractivity contribution is 5.89. The molecule has 2 nitrogen and oxygen atoms in total. The van der Waals surface area contributed by atoms with Crippen LogP contribution in [0.2, 0.25) is 0 Å². The van der Waals surface area contributed by atoms with E-state index in [1.54, 1.807) is 0 Å². The van der Waals surface area contributed by atoms with Crippen LogP contribution in [-0.2, 0) is 4.79 Å². The maximum Gasteiger partial charge on any atom is 0.227 e. The Bertz CT molecular complexity index is 736. The van der Waals surface area contributed by atoms with Crippen molar-refractivity contribution in [1.82, 2.24) is 4.90 Å². The van der Waals surface area contributed by atoms with E-state index in [-0.39, 0.29) is 5.91 Å². The Kier molecular flexibility index (Phi) is 4.36. The number of benzene rings is 2. The molecule has 108 valence electrons. The molecule has 0 bridgehead atoms. The fourth-order valence-corrected chi connectivity index (χ4v) is 2.54. The third kappa shape index (κ3) is 3.27. The summed E-state index contributed by atoms with van der Waals surface area (Å²) < 4.78 is 0. The lowest BCUT2D eigenvalue weighted by Gasteiger charge is -2.19. The summed E-state index contributed by atoms with van der Waals surface area (Å²) in [5.41, 5.74) is 2.89. The molecule has 22 heavy (non-hydrogen) atoms. The lowest BCUT2D eigenvalue weighted by atomic mass is 10.1. The fourth-order valence-electron chi connectivity index (χ4n) is 2.54. The van der Waals surface area contributed by atoms with Gasteiger partial charge in [-0.05, 0) is 24.1 Å². The summed E-state index contributed by atoms with van der Waals surface area (Å²) in [5.74, 6) is 6.39. The molecular weight excluding hydrogens is 270 g/mol. The van der Waals surface area contributed by atoms with Crippen molar-refractivity contribution < 1.29 is 4.79 Å². The highest BCUT2D eigenvalue weighted by atomic mass is 16.2. The molecule has 2 aromatic carbocycles. The minimum Gasteiger partial charge on any atom is -0.311 e. The van der Waals surface area contributed by atoms with E-state index in [4.69, 9.17) is 0 Å². The average Bonchev–Trinajstić information content (AvgIpc) is 2.99. The summed E-state index contributed by atoms with van der Waals surface area (Å²) in [6.45, 7) is 0.770. The van der Waals surface area contributed by atoms with Gasteiger partial charge in [-0.1, -0.05) is 60.4 Å². The number of amides is 1. The van der Waals surface area contributed by atoms with E-state index >= 15 is 0 Å². The van der Waals surface area contributed by atoms with Gasteiger partial charge >= 0.3 is 0 Å². The summed E-state index contributed by atoms with van der Waals surface area (Å²) >= 11 is 0. The molecule has 0 aromatic heterocycles. The van der Waals surface area contributed by atoms with Crippen LogP contribution >= 0.6 is 0 Å². The van der Waals surface area contributed by atoms with Crippen LogP contribution in [0.3, 0.4) is 0 Å². The van der Waals surface area contributed by atoms with E-state index < -0.39 is 0 Å². The molecule has 1 amide bonds. The Hall–Kier alpha value is -2.79. The van der Waals surface area contributed by atoms with Crippen LogP contribution in [0.15, 0.2) is 66.7 Å². The summed E-state index contributed by atoms with van der Waals surface area (Å²) in [4.78, 5) is 13.9. The quantitative estimate of drug-likeness (QED) is 0.771. The first-order chi connectivity index (χ1) is 10.8. The van der Waals surface area contributed by atoms with E-state index in [1.165, 1.54) is 0 Å². The summed E-state index contributed by atoms with van der Waals surface area (Å²) in [7, 11) is 0. The van der Waals surface area contributed by atoms with Gasteiger partial charge in [0.15, 0.2) is 0 Å². The predicted octanol–water partition coefficient (Wildman–Crippen LogP) is 3.70. The van der Waals surface area contributed by atoms with Gasteiger partial charge in [0.1, 0.15) is 0 Å². The number of hydrogen-bond acceptors (Lipinski definition) is 1. The first kappa shape index (κ1) is 14.2. The summed E-state index contributed by atoms with van der Waals surface area (Å²) in [6.07, 6.45) is 3.39. The lowest BCUT2D eigenvalue weighted by Crippen LogP contribution is -2.22. The molecule has 1 aliphatic heterocycles. The van der Waals surface area contributed by atoms with E-state index in [1.807, 2.05) is 71.6 Å². The Morgan fingerprint density at radius 3 is 2.32 bits per heavy atom. The molecule has 0 radical (unpaired) electrons. The van der Waals surface area contributed by atoms with Gasteiger partial charge in [0, 0.05) is 24.6 Å². The summed E-state index contributed by atoms with van der Waals surface area (Å²) in [6, 6.07) is 19.8. The van der Waals surface area contributed by atoms with Crippen LogP contribution in [0.4, 0.5) is 0 Å². The van der Waals surface area contributed by atoms with E-state index in [0.717, 1.165) is 29.8 Å². The van der Waals surface area contributed by atoms with E-state index in [0.29, 0.717) is 6.42 Å². The average molecular weight is 287 g/mol. The molecule has 0 unspecified atom stereocenters. The SMILES string of the molecule is O=C1CCCN1/C(=C\C#Cc1ccccc1)c1ccccc1. The van der Waals surface area contributed by atoms with Crippen molar-refractivity contribution in [1.29, 1.82) is 0 Å². The number of carbonyl (C=O) groups excluding carboxylic acids is 1. The van der Waals surface area contributed by atoms with Crippen LogP contribution in [0.5, 0.6) is 0 Å². The lowest BCUT2D eigenvalue weighted by molar-refractivity contribution is -0.124. The van der Waals surface area contributed by atoms with Crippen LogP contribution in [-0.4, -0.2) is 17.4 Å². The van der Waals surface area contributed by atoms with Crippen molar-refractivity contribution in [2.75, 3.05) is 6.54 Å². The van der Waals surface area contributed by atoms with Gasteiger partial charge in [-0.15, -0.1) is 0 Å². The second-order valence-corrected chi connectivity index (χ2v) is 5.18. The number of nitrogens with zero attached hydrogens (tertiary/aromatic N) is 1. The third-order valence-corrected chi connectivity index (χ3v) is 3.63. The second kappa shape index (κ2) is 6.78. The Morgan fingerprint density at radius 1 is 1.00 bits per heavy atom. The van der Waals surface area contributed by atoms with Crippen molar-refractivity contribution in [2.45, 2.75) is 12.8 Å². The maximum atomic E-state index is 12.1. The number of allylic oxidation sites excluding steroid dienone is 1. The van der Waals surface area contributed by atoms with Gasteiger partial charge in [-0.25, -0.2) is 0 Å². The fraction of sp³-hybridized carbons (Fsp3) is 0.150. The first-order valence-corrected chi connectivity index (χ1v) is 7.47. The van der Waals surface area contributed by atoms with Crippen molar-refractivity contribution in [3.63, 3.8) is 0 Å². The number of hydrogen-bond donors (Lipinski definition) is 0. The Balaban J connectivity index is 1.94. The molecule has 0 atom stereocenters. The van der Waals surface area contributed by atoms with Gasteiger partial charge in [0.25, 0.3) is 0 Å². The number of carbonyl (C=O) groups is 1. The van der Waals surface area contributed by atoms with Gasteiger partial charge in [-0.3, -0.25) is 4.79 Å². The van der Waals surface area contributed by atoms with Crippen LogP contribution in [0.1, 0.15) is 24.0 Å². The normalized spacial score (nSPS) is 14.6. The smallest absolute Gasteiger partial charge is 0.227 e. The van der Waals surface area contributed by atoms with Crippen molar-refractivity contribution >= 4 is 11.6 Å². The van der Waals surface area contributed by atoms with E-state index in [2.05, 4.69) is 11.8 Å². The third-order valence-electron chi connectivity index (χ3n) is 3.63. The molecule has 0 saturated carbocycles. The van der Waals surface area contributed by atoms with Crippen LogP contribution < -0.4 is 0 Å². The molecule has 0 spiro atoms. The molecule has 1 heterocycles. The highest BCUT2D eigenvalue weighted by Crippen LogP contribution is 2.24. The molecule has 1 fully saturated rings. The minimum absolute atomic E-state index is 0.177. The molecule has 1 saturated heterocycles. The molecular formula is C20H17NO. The Labute approximate surface area is 131 Å². The van der Waals surface area contributed by atoms with Crippen molar-refractivity contribution in [3.05, 3.63) is 77.9 Å². The zero-order chi connectivity index (χ0) is 15.2. The molecule has 3 rings (SSSR count). The summed E-state index contributed by atoms with van der Waals surface area (Å²) in [5, 5.41) is 0. The minimum atomic E-state index is 0.177. The molecule has 1 aliphatic rings. The monoisotopic (exact) mass is 287 g/mol. The molecule has 2 aromatic rings. The van der Waals surface area contributed by atoms with E-state index in [9.17, 15) is 4.79 Å². The molecule has 2 heteroatoms. The topological polar surface area (TPSA) is 20.3 Å². The predicted molar refractivity (Wildman–Crippen MR) is 88.7 cm³/mol. The standard InChI is InChI=1S/C20H17NO/c22-20-15-8-16-21(20)19(18-12-5-2-6-13-18)14-7-11-17-9-3-1-4-10-17/h1-6,9-10,12-14H,8,15-16H2/b19-14-. The van der Waals surface area contributed by atoms with Crippen molar-refractivity contribution in [2.24, 2.45) is 0 Å². The van der Waals surface area contributed by atoms with Gasteiger partial charge in [-0.2, -0.15) is 0 Å². The van der Waals surface area contributed by atoms with Gasteiger partial charge in [0.05, 0.1) is 5.70 Å². The molecule has 0 N–H and O–H groups in total. The second-order valence-electron chi connectivity index (χ2n) is 5.18. The zero-order valence-corrected chi connectivity index (χ0v) is 12.3.